The van der Waals surface area contributed by atoms with Crippen molar-refractivity contribution in [1.29, 1.82) is 0 Å². The Balaban J connectivity index is 2.08. The fraction of sp³-hybridized carbons (Fsp3) is 0.222. The monoisotopic (exact) mass is 355 g/mol. The van der Waals surface area contributed by atoms with Crippen LogP contribution in [0, 0.1) is 0 Å². The van der Waals surface area contributed by atoms with Crippen LogP contribution in [0.5, 0.6) is 0 Å². The molecule has 2 aromatic carbocycles. The second-order valence-electron chi connectivity index (χ2n) is 6.29. The number of nitrogens with zero attached hydrogens (tertiary/aromatic N) is 3. The summed E-state index contributed by atoms with van der Waals surface area (Å²) in [4.78, 5) is 0. The lowest BCUT2D eigenvalue weighted by Crippen LogP contribution is -2.11. The number of aromatic nitrogens is 3. The van der Waals surface area contributed by atoms with Crippen molar-refractivity contribution in [3.8, 4) is 17.1 Å². The number of hydrogen-bond acceptors (Lipinski definition) is 2. The quantitative estimate of drug-likeness (QED) is 0.647. The molecule has 112 valence electrons. The van der Waals surface area contributed by atoms with Gasteiger partial charge in [0, 0.05) is 11.3 Å². The first-order valence-corrected chi connectivity index (χ1v) is 8.03. The molecule has 0 N–H and O–H groups in total. The Morgan fingerprint density at radius 3 is 2.09 bits per heavy atom. The van der Waals surface area contributed by atoms with E-state index >= 15 is 0 Å². The van der Waals surface area contributed by atoms with Crippen molar-refractivity contribution in [3.63, 3.8) is 0 Å². The van der Waals surface area contributed by atoms with Crippen molar-refractivity contribution in [2.75, 3.05) is 0 Å². The minimum absolute atomic E-state index is 0.144. The van der Waals surface area contributed by atoms with E-state index in [0.717, 1.165) is 17.1 Å². The van der Waals surface area contributed by atoms with Crippen LogP contribution in [0.25, 0.3) is 17.1 Å². The molecule has 0 atom stereocenters. The van der Waals surface area contributed by atoms with E-state index < -0.39 is 0 Å². The summed E-state index contributed by atoms with van der Waals surface area (Å²) in [6.07, 6.45) is 0. The molecule has 3 nitrogen and oxygen atoms in total. The second kappa shape index (κ2) is 5.69. The molecule has 4 heteroatoms. The molecule has 0 saturated carbocycles. The van der Waals surface area contributed by atoms with Gasteiger partial charge in [0.05, 0.1) is 0 Å². The van der Waals surface area contributed by atoms with E-state index in [0.29, 0.717) is 4.73 Å². The zero-order valence-electron chi connectivity index (χ0n) is 12.9. The van der Waals surface area contributed by atoms with Gasteiger partial charge in [0.1, 0.15) is 0 Å². The molecule has 0 aliphatic heterocycles. The van der Waals surface area contributed by atoms with Crippen molar-refractivity contribution in [3.05, 3.63) is 64.9 Å². The summed E-state index contributed by atoms with van der Waals surface area (Å²) in [6.45, 7) is 6.64. The third kappa shape index (κ3) is 2.83. The van der Waals surface area contributed by atoms with Gasteiger partial charge >= 0.3 is 0 Å². The molecule has 3 aromatic rings. The first-order valence-electron chi connectivity index (χ1n) is 7.24. The van der Waals surface area contributed by atoms with Crippen molar-refractivity contribution in [2.24, 2.45) is 0 Å². The highest BCUT2D eigenvalue weighted by Gasteiger charge is 2.16. The molecule has 0 saturated heterocycles. The van der Waals surface area contributed by atoms with Crippen LogP contribution in [0.15, 0.2) is 59.3 Å². The van der Waals surface area contributed by atoms with Gasteiger partial charge in [-0.05, 0) is 39.0 Å². The van der Waals surface area contributed by atoms with Gasteiger partial charge in [-0.15, -0.1) is 10.2 Å². The fourth-order valence-corrected chi connectivity index (χ4v) is 2.83. The van der Waals surface area contributed by atoms with Gasteiger partial charge in [-0.2, -0.15) is 0 Å². The Morgan fingerprint density at radius 1 is 0.864 bits per heavy atom. The molecule has 0 aliphatic rings. The van der Waals surface area contributed by atoms with Crippen LogP contribution in [0.3, 0.4) is 0 Å². The highest BCUT2D eigenvalue weighted by atomic mass is 79.9. The van der Waals surface area contributed by atoms with Crippen LogP contribution < -0.4 is 0 Å². The Labute approximate surface area is 139 Å². The average molecular weight is 356 g/mol. The molecule has 22 heavy (non-hydrogen) atoms. The SMILES string of the molecule is CC(C)(C)c1ccc(-n2c(Br)nnc2-c2ccccc2)cc1. The van der Waals surface area contributed by atoms with Crippen molar-refractivity contribution >= 4 is 15.9 Å². The zero-order chi connectivity index (χ0) is 15.7. The fourth-order valence-electron chi connectivity index (χ4n) is 2.38. The van der Waals surface area contributed by atoms with Gasteiger partial charge in [-0.1, -0.05) is 63.2 Å². The predicted molar refractivity (Wildman–Crippen MR) is 93.2 cm³/mol. The smallest absolute Gasteiger partial charge is 0.205 e. The molecule has 3 rings (SSSR count). The molecule has 0 fully saturated rings. The lowest BCUT2D eigenvalue weighted by Gasteiger charge is -2.19. The Morgan fingerprint density at radius 2 is 1.50 bits per heavy atom. The van der Waals surface area contributed by atoms with Crippen molar-refractivity contribution in [1.82, 2.24) is 14.8 Å². The van der Waals surface area contributed by atoms with E-state index in [1.165, 1.54) is 5.56 Å². The minimum Gasteiger partial charge on any atom is -0.270 e. The molecular weight excluding hydrogens is 338 g/mol. The highest BCUT2D eigenvalue weighted by molar-refractivity contribution is 9.10. The summed E-state index contributed by atoms with van der Waals surface area (Å²) in [5, 5.41) is 8.47. The van der Waals surface area contributed by atoms with E-state index in [1.807, 2.05) is 34.9 Å². The molecule has 0 bridgehead atoms. The third-order valence-electron chi connectivity index (χ3n) is 3.65. The van der Waals surface area contributed by atoms with Crippen molar-refractivity contribution < 1.29 is 0 Å². The predicted octanol–water partition coefficient (Wildman–Crippen LogP) is 4.99. The first-order chi connectivity index (χ1) is 10.5. The van der Waals surface area contributed by atoms with Gasteiger partial charge in [0.2, 0.25) is 4.73 Å². The third-order valence-corrected chi connectivity index (χ3v) is 4.16. The van der Waals surface area contributed by atoms with Gasteiger partial charge in [-0.3, -0.25) is 4.57 Å². The number of rotatable bonds is 2. The van der Waals surface area contributed by atoms with Crippen LogP contribution in [0.2, 0.25) is 0 Å². The molecule has 0 unspecified atom stereocenters. The van der Waals surface area contributed by atoms with Crippen LogP contribution in [0.1, 0.15) is 26.3 Å². The molecule has 0 radical (unpaired) electrons. The normalized spacial score (nSPS) is 11.6. The molecule has 1 heterocycles. The van der Waals surface area contributed by atoms with E-state index in [-0.39, 0.29) is 5.41 Å². The van der Waals surface area contributed by atoms with E-state index in [9.17, 15) is 0 Å². The first kappa shape index (κ1) is 15.0. The van der Waals surface area contributed by atoms with E-state index in [2.05, 4.69) is 71.2 Å². The second-order valence-corrected chi connectivity index (χ2v) is 7.00. The van der Waals surface area contributed by atoms with Crippen molar-refractivity contribution in [2.45, 2.75) is 26.2 Å². The largest absolute Gasteiger partial charge is 0.270 e. The zero-order valence-corrected chi connectivity index (χ0v) is 14.5. The number of benzene rings is 2. The molecule has 0 amide bonds. The minimum atomic E-state index is 0.144. The molecule has 0 aliphatic carbocycles. The summed E-state index contributed by atoms with van der Waals surface area (Å²) in [5.41, 5.74) is 3.54. The highest BCUT2D eigenvalue weighted by Crippen LogP contribution is 2.27. The van der Waals surface area contributed by atoms with E-state index in [4.69, 9.17) is 0 Å². The molecular formula is C18H18BrN3. The van der Waals surface area contributed by atoms with Crippen LogP contribution in [-0.2, 0) is 5.41 Å². The van der Waals surface area contributed by atoms with Crippen LogP contribution in [0.4, 0.5) is 0 Å². The maximum absolute atomic E-state index is 4.30. The maximum atomic E-state index is 4.30. The van der Waals surface area contributed by atoms with Crippen LogP contribution in [-0.4, -0.2) is 14.8 Å². The van der Waals surface area contributed by atoms with Gasteiger partial charge < -0.3 is 0 Å². The number of halogens is 1. The average Bonchev–Trinajstić information content (AvgIpc) is 2.89. The molecule has 1 aromatic heterocycles. The Bertz CT molecular complexity index is 768. The summed E-state index contributed by atoms with van der Waals surface area (Å²) >= 11 is 3.50. The molecule has 0 spiro atoms. The van der Waals surface area contributed by atoms with Gasteiger partial charge in [0.25, 0.3) is 0 Å². The lowest BCUT2D eigenvalue weighted by molar-refractivity contribution is 0.590. The summed E-state index contributed by atoms with van der Waals surface area (Å²) in [5.74, 6) is 0.830. The lowest BCUT2D eigenvalue weighted by atomic mass is 9.87. The Kier molecular flexibility index (Phi) is 3.87. The Hall–Kier alpha value is -1.94. The number of hydrogen-bond donors (Lipinski definition) is 0. The van der Waals surface area contributed by atoms with E-state index in [1.54, 1.807) is 0 Å². The van der Waals surface area contributed by atoms with Gasteiger partial charge in [-0.25, -0.2) is 0 Å². The van der Waals surface area contributed by atoms with Gasteiger partial charge in [0.15, 0.2) is 5.82 Å². The summed E-state index contributed by atoms with van der Waals surface area (Å²) in [7, 11) is 0. The summed E-state index contributed by atoms with van der Waals surface area (Å²) < 4.78 is 2.72. The summed E-state index contributed by atoms with van der Waals surface area (Å²) in [6, 6.07) is 18.6. The topological polar surface area (TPSA) is 30.7 Å². The standard InChI is InChI=1S/C18H18BrN3/c1-18(2,3)14-9-11-15(12-10-14)22-16(20-21-17(22)19)13-7-5-4-6-8-13/h4-12H,1-3H3. The van der Waals surface area contributed by atoms with Crippen LogP contribution >= 0.6 is 15.9 Å². The maximum Gasteiger partial charge on any atom is 0.205 e.